The van der Waals surface area contributed by atoms with Crippen molar-refractivity contribution in [1.29, 1.82) is 0 Å². The summed E-state index contributed by atoms with van der Waals surface area (Å²) in [6.45, 7) is 7.72. The molecule has 2 unspecified atom stereocenters. The number of hydrogen-bond donors (Lipinski definition) is 13. The van der Waals surface area contributed by atoms with Crippen molar-refractivity contribution in [2.24, 2.45) is 39.6 Å². The number of nitrogens with one attached hydrogen (secondary N) is 10. The highest BCUT2D eigenvalue weighted by Crippen LogP contribution is 2.30. The number of fused-ring (bicyclic) bond motifs is 2. The Morgan fingerprint density at radius 2 is 1.08 bits per heavy atom. The van der Waals surface area contributed by atoms with Crippen LogP contribution in [0.3, 0.4) is 0 Å². The Morgan fingerprint density at radius 3 is 1.64 bits per heavy atom. The van der Waals surface area contributed by atoms with Crippen molar-refractivity contribution in [3.05, 3.63) is 162 Å². The molecular formula is C79H98N16O16. The highest BCUT2D eigenvalue weighted by molar-refractivity contribution is 5.90. The molecule has 32 heteroatoms. The molecule has 0 spiro atoms. The van der Waals surface area contributed by atoms with Gasteiger partial charge in [-0.05, 0) is 84.5 Å². The minimum atomic E-state index is -1.33. The third kappa shape index (κ3) is 24.7. The second-order valence-corrected chi connectivity index (χ2v) is 28.0. The molecule has 6 aliphatic rings. The summed E-state index contributed by atoms with van der Waals surface area (Å²) in [5.41, 5.74) is 4.18. The number of aromatic amines is 1. The number of rotatable bonds is 27. The predicted octanol–water partition coefficient (Wildman–Crippen LogP) is 4.34. The SMILES string of the molecule is CC(CNC1=NCCN1)C(=O)N1CCC(C(=O)NC[C@H](NC(=O)OCc2ccccc2)C(=O)O)CC1.O=C(N[C@@H](CNC(=O)C1CCN(C(=O)[C@H]2C=C[C@@H](NC3=NCCN3)C2)CC1)C(=O)O)OCc1ccccc1.O=C(O)CC(NC(=O)C1CCN(C(=O)CCc2nc3ccccc3[nH]2)CC1)c1cccc2ccccc12. The van der Waals surface area contributed by atoms with Gasteiger partial charge < -0.3 is 92.3 Å². The molecule has 13 N–H and O–H groups in total. The van der Waals surface area contributed by atoms with Gasteiger partial charge in [0.25, 0.3) is 0 Å². The van der Waals surface area contributed by atoms with Crippen LogP contribution in [0.25, 0.3) is 21.8 Å². The van der Waals surface area contributed by atoms with Gasteiger partial charge in [0.05, 0.1) is 48.4 Å². The van der Waals surface area contributed by atoms with Crippen LogP contribution in [0.15, 0.2) is 150 Å². The summed E-state index contributed by atoms with van der Waals surface area (Å²) in [4.78, 5) is 157. The van der Waals surface area contributed by atoms with Crippen LogP contribution >= 0.6 is 0 Å². The molecule has 12 rings (SSSR count). The van der Waals surface area contributed by atoms with Crippen LogP contribution in [0.5, 0.6) is 0 Å². The lowest BCUT2D eigenvalue weighted by Gasteiger charge is -2.33. The van der Waals surface area contributed by atoms with Crippen LogP contribution < -0.4 is 47.9 Å². The zero-order chi connectivity index (χ0) is 78.6. The van der Waals surface area contributed by atoms with Crippen LogP contribution in [0.2, 0.25) is 0 Å². The molecule has 590 valence electrons. The van der Waals surface area contributed by atoms with E-state index in [2.05, 4.69) is 67.8 Å². The number of aryl methyl sites for hydroxylation is 1. The smallest absolute Gasteiger partial charge is 0.408 e. The number of hydrogen-bond acceptors (Lipinski definition) is 20. The van der Waals surface area contributed by atoms with Gasteiger partial charge in [0.15, 0.2) is 11.9 Å². The lowest BCUT2D eigenvalue weighted by atomic mass is 9.93. The molecule has 6 heterocycles. The van der Waals surface area contributed by atoms with E-state index in [-0.39, 0.29) is 104 Å². The average molecular weight is 1530 g/mol. The quantitative estimate of drug-likeness (QED) is 0.0319. The summed E-state index contributed by atoms with van der Waals surface area (Å²) in [7, 11) is 0. The number of carbonyl (C=O) groups excluding carboxylic acids is 8. The summed E-state index contributed by atoms with van der Waals surface area (Å²) in [5, 5.41) is 55.7. The van der Waals surface area contributed by atoms with Crippen molar-refractivity contribution in [1.82, 2.24) is 72.5 Å². The number of carboxylic acid groups (broad SMARTS) is 3. The summed E-state index contributed by atoms with van der Waals surface area (Å²) < 4.78 is 10.1. The van der Waals surface area contributed by atoms with E-state index in [1.165, 1.54) is 0 Å². The van der Waals surface area contributed by atoms with Gasteiger partial charge >= 0.3 is 30.1 Å². The third-order valence-corrected chi connectivity index (χ3v) is 20.1. The Labute approximate surface area is 641 Å². The Balaban J connectivity index is 0.000000177. The van der Waals surface area contributed by atoms with E-state index in [0.29, 0.717) is 110 Å². The van der Waals surface area contributed by atoms with Crippen LogP contribution in [-0.2, 0) is 72.3 Å². The summed E-state index contributed by atoms with van der Waals surface area (Å²) in [5.74, 6) is -3.25. The number of aliphatic carboxylic acids is 3. The standard InChI is InChI=1S/C29H30N4O4.C26H34N6O6.C24H34N6O6/c34-27(13-12-26-30-23-10-3-4-11-24(23)31-26)33-16-14-20(15-17-33)29(37)32-25(18-28(35)36)22-9-5-7-19-6-1-2-8-21(19)22;33-22(29-15-21(24(35)36)31-26(37)38-16-17-4-2-1-3-5-17)18-8-12-32(13-9-18)23(34)19-6-7-20(14-19)30-25-27-10-11-28-25;1-16(13-28-23-25-9-10-26-23)21(32)30-11-7-18(8-12-30)20(31)27-14-19(22(33)34)29-24(35)36-15-17-5-3-2-4-6-17/h1-11,20,25H,12-18H2,(H,30,31)(H,32,37)(H,35,36);1-7,18-21H,8-16H2,(H,29,33)(H,31,37)(H,35,36)(H2,27,28,30);2-6,16,18-19H,7-15H2,1H3,(H,27,31)(H,29,35)(H,33,34)(H2,25,26,28)/t;19-,20+,21-;16?,19-/m.00/s1. The number of para-hydroxylation sites is 2. The molecule has 1 aliphatic carbocycles. The number of likely N-dealkylation sites (tertiary alicyclic amines) is 3. The molecule has 32 nitrogen and oxygen atoms in total. The number of alkyl carbamates (subject to hydrolysis) is 2. The molecule has 6 aromatic rings. The molecule has 1 aromatic heterocycles. The summed E-state index contributed by atoms with van der Waals surface area (Å²) in [6.07, 6.45) is 6.57. The fraction of sp³-hybridized carbons (Fsp3) is 0.443. The Kier molecular flexibility index (Phi) is 30.0. The molecule has 3 fully saturated rings. The first kappa shape index (κ1) is 81.4. The number of nitrogens with zero attached hydrogens (tertiary/aromatic N) is 6. The predicted molar refractivity (Wildman–Crippen MR) is 410 cm³/mol. The van der Waals surface area contributed by atoms with Crippen LogP contribution in [0, 0.1) is 29.6 Å². The second-order valence-electron chi connectivity index (χ2n) is 28.0. The van der Waals surface area contributed by atoms with E-state index in [1.807, 2.05) is 103 Å². The normalized spacial score (nSPS) is 18.0. The molecule has 3 saturated heterocycles. The molecule has 0 saturated carbocycles. The molecular weight excluding hydrogens is 1430 g/mol. The molecule has 5 aromatic carbocycles. The number of aliphatic imine (C=N–C) groups is 2. The maximum atomic E-state index is 13.2. The lowest BCUT2D eigenvalue weighted by molar-refractivity contribution is -0.141. The van der Waals surface area contributed by atoms with E-state index < -0.39 is 48.2 Å². The maximum Gasteiger partial charge on any atom is 0.408 e. The number of aromatic nitrogens is 2. The van der Waals surface area contributed by atoms with Gasteiger partial charge in [0.1, 0.15) is 31.1 Å². The van der Waals surface area contributed by atoms with Gasteiger partial charge in [0, 0.05) is 109 Å². The Bertz CT molecular complexity index is 4270. The number of amides is 8. The maximum absolute atomic E-state index is 13.2. The van der Waals surface area contributed by atoms with Crippen molar-refractivity contribution in [2.75, 3.05) is 85.1 Å². The fourth-order valence-corrected chi connectivity index (χ4v) is 13.8. The first-order valence-corrected chi connectivity index (χ1v) is 37.7. The van der Waals surface area contributed by atoms with Crippen molar-refractivity contribution in [3.63, 3.8) is 0 Å². The molecule has 5 aliphatic heterocycles. The van der Waals surface area contributed by atoms with Gasteiger partial charge in [0.2, 0.25) is 35.4 Å². The number of carboxylic acids is 3. The number of guanidine groups is 2. The average Bonchev–Trinajstić information content (AvgIpc) is 1.30. The van der Waals surface area contributed by atoms with Crippen molar-refractivity contribution in [3.8, 4) is 0 Å². The zero-order valence-electron chi connectivity index (χ0n) is 62.0. The molecule has 6 atom stereocenters. The molecule has 8 amide bonds. The lowest BCUT2D eigenvalue weighted by Crippen LogP contribution is -2.51. The number of carbonyl (C=O) groups is 11. The fourth-order valence-electron chi connectivity index (χ4n) is 13.8. The summed E-state index contributed by atoms with van der Waals surface area (Å²) in [6, 6.07) is 36.0. The van der Waals surface area contributed by atoms with Gasteiger partial charge in [-0.15, -0.1) is 0 Å². The van der Waals surface area contributed by atoms with Gasteiger partial charge in [-0.2, -0.15) is 0 Å². The number of imidazole rings is 1. The van der Waals surface area contributed by atoms with Crippen LogP contribution in [-0.4, -0.2) is 221 Å². The van der Waals surface area contributed by atoms with Gasteiger partial charge in [-0.3, -0.25) is 43.5 Å². The van der Waals surface area contributed by atoms with Crippen LogP contribution in [0.1, 0.15) is 93.3 Å². The summed E-state index contributed by atoms with van der Waals surface area (Å²) >= 11 is 0. The van der Waals surface area contributed by atoms with E-state index in [0.717, 1.165) is 76.5 Å². The topological polar surface area (TPSA) is 438 Å². The molecule has 0 bridgehead atoms. The minimum absolute atomic E-state index is 0.00296. The van der Waals surface area contributed by atoms with E-state index >= 15 is 0 Å². The largest absolute Gasteiger partial charge is 0.481 e. The number of piperidine rings is 3. The number of H-pyrrole nitrogens is 1. The van der Waals surface area contributed by atoms with E-state index in [1.54, 1.807) is 58.3 Å². The van der Waals surface area contributed by atoms with Gasteiger partial charge in [-0.25, -0.2) is 24.2 Å². The Hall–Kier alpha value is -12.1. The highest BCUT2D eigenvalue weighted by Gasteiger charge is 2.36. The highest BCUT2D eigenvalue weighted by atomic mass is 16.6. The number of benzene rings is 5. The second kappa shape index (κ2) is 40.9. The first-order chi connectivity index (χ1) is 53.7. The Morgan fingerprint density at radius 1 is 0.559 bits per heavy atom. The van der Waals surface area contributed by atoms with Gasteiger partial charge in [-0.1, -0.05) is 134 Å². The minimum Gasteiger partial charge on any atom is -0.481 e. The first-order valence-electron chi connectivity index (χ1n) is 37.7. The van der Waals surface area contributed by atoms with E-state index in [4.69, 9.17) is 9.47 Å². The van der Waals surface area contributed by atoms with Crippen molar-refractivity contribution >= 4 is 99.3 Å². The van der Waals surface area contributed by atoms with Crippen molar-refractivity contribution < 1.29 is 77.5 Å². The van der Waals surface area contributed by atoms with Crippen molar-refractivity contribution in [2.45, 2.75) is 109 Å². The monoisotopic (exact) mass is 1530 g/mol. The van der Waals surface area contributed by atoms with E-state index in [9.17, 15) is 68.1 Å². The molecule has 111 heavy (non-hydrogen) atoms. The van der Waals surface area contributed by atoms with Crippen LogP contribution in [0.4, 0.5) is 9.59 Å². The molecule has 0 radical (unpaired) electrons. The third-order valence-electron chi connectivity index (χ3n) is 20.1. The number of ether oxygens (including phenoxy) is 2. The zero-order valence-corrected chi connectivity index (χ0v) is 62.0.